The van der Waals surface area contributed by atoms with Crippen LogP contribution in [0.1, 0.15) is 11.1 Å². The summed E-state index contributed by atoms with van der Waals surface area (Å²) in [6.07, 6.45) is 0.878. The lowest BCUT2D eigenvalue weighted by molar-refractivity contribution is 1.20. The second-order valence-electron chi connectivity index (χ2n) is 7.69. The highest BCUT2D eigenvalue weighted by atomic mass is 79.9. The minimum absolute atomic E-state index is 0.878. The number of hydrogen-bond donors (Lipinski definition) is 0. The molecule has 0 heterocycles. The minimum atomic E-state index is 0.878. The molecule has 0 aliphatic carbocycles. The molecule has 0 atom stereocenters. The third kappa shape index (κ3) is 4.23. The van der Waals surface area contributed by atoms with E-state index in [1.165, 1.54) is 44.2 Å². The molecule has 0 amide bonds. The van der Waals surface area contributed by atoms with Crippen molar-refractivity contribution in [3.63, 3.8) is 0 Å². The number of benzene rings is 5. The molecule has 0 aliphatic rings. The lowest BCUT2D eigenvalue weighted by Gasteiger charge is -2.20. The first-order valence-corrected chi connectivity index (χ1v) is 11.9. The van der Waals surface area contributed by atoms with Crippen LogP contribution in [0, 0.1) is 0 Å². The minimum Gasteiger partial charge on any atom is -0.0622 e. The summed E-state index contributed by atoms with van der Waals surface area (Å²) >= 11 is 7.25. The van der Waals surface area contributed by atoms with Crippen molar-refractivity contribution in [2.24, 2.45) is 0 Å². The average Bonchev–Trinajstić information content (AvgIpc) is 2.81. The molecule has 0 aromatic heterocycles. The van der Waals surface area contributed by atoms with Gasteiger partial charge in [0, 0.05) is 8.95 Å². The van der Waals surface area contributed by atoms with Crippen LogP contribution >= 0.6 is 31.9 Å². The molecule has 150 valence electrons. The molecule has 0 unspecified atom stereocenters. The van der Waals surface area contributed by atoms with Crippen LogP contribution in [0.25, 0.3) is 33.0 Å². The molecule has 31 heavy (non-hydrogen) atoms. The zero-order valence-electron chi connectivity index (χ0n) is 16.9. The zero-order valence-corrected chi connectivity index (χ0v) is 20.0. The highest BCUT2D eigenvalue weighted by Crippen LogP contribution is 2.42. The Kier molecular flexibility index (Phi) is 5.76. The third-order valence-electron chi connectivity index (χ3n) is 5.62. The van der Waals surface area contributed by atoms with Crippen molar-refractivity contribution in [3.05, 3.63) is 129 Å². The van der Waals surface area contributed by atoms with Crippen LogP contribution in [0.3, 0.4) is 0 Å². The summed E-state index contributed by atoms with van der Waals surface area (Å²) in [5.74, 6) is 0. The van der Waals surface area contributed by atoms with Crippen molar-refractivity contribution in [1.29, 1.82) is 0 Å². The van der Waals surface area contributed by atoms with E-state index in [1.807, 2.05) is 0 Å². The Morgan fingerprint density at radius 2 is 1.10 bits per heavy atom. The molecule has 2 heteroatoms. The van der Waals surface area contributed by atoms with E-state index >= 15 is 0 Å². The molecule has 0 saturated heterocycles. The highest BCUT2D eigenvalue weighted by Gasteiger charge is 2.17. The van der Waals surface area contributed by atoms with E-state index in [-0.39, 0.29) is 0 Å². The van der Waals surface area contributed by atoms with E-state index in [9.17, 15) is 0 Å². The number of hydrogen-bond acceptors (Lipinski definition) is 0. The maximum atomic E-state index is 3.69. The van der Waals surface area contributed by atoms with Gasteiger partial charge < -0.3 is 0 Å². The normalized spacial score (nSPS) is 11.0. The lowest BCUT2D eigenvalue weighted by Crippen LogP contribution is -1.97. The molecule has 0 saturated carbocycles. The van der Waals surface area contributed by atoms with E-state index in [0.29, 0.717) is 0 Å². The Bertz CT molecular complexity index is 1340. The number of rotatable bonds is 4. The van der Waals surface area contributed by atoms with Crippen molar-refractivity contribution in [1.82, 2.24) is 0 Å². The van der Waals surface area contributed by atoms with E-state index in [0.717, 1.165) is 15.4 Å². The summed E-state index contributed by atoms with van der Waals surface area (Å²) < 4.78 is 2.20. The van der Waals surface area contributed by atoms with E-state index in [4.69, 9.17) is 0 Å². The lowest BCUT2D eigenvalue weighted by atomic mass is 9.84. The molecule has 5 aromatic carbocycles. The standard InChI is InChI=1S/C29H20Br2/c30-25-14-11-20(12-15-25)17-24-18-23-13-16-26(31)19-27(23)29(22-9-5-2-6-10-22)28(24)21-7-3-1-4-8-21/h1-16,18-19H,17H2. The number of fused-ring (bicyclic) bond motifs is 1. The van der Waals surface area contributed by atoms with E-state index in [1.54, 1.807) is 0 Å². The van der Waals surface area contributed by atoms with Crippen molar-refractivity contribution < 1.29 is 0 Å². The summed E-state index contributed by atoms with van der Waals surface area (Å²) in [7, 11) is 0. The SMILES string of the molecule is Brc1ccc(Cc2cc3ccc(Br)cc3c(-c3ccccc3)c2-c2ccccc2)cc1. The summed E-state index contributed by atoms with van der Waals surface area (Å²) in [6, 6.07) is 39.1. The van der Waals surface area contributed by atoms with Crippen LogP contribution < -0.4 is 0 Å². The predicted octanol–water partition coefficient (Wildman–Crippen LogP) is 9.29. The molecule has 0 nitrogen and oxygen atoms in total. The molecule has 0 bridgehead atoms. The van der Waals surface area contributed by atoms with Crippen LogP contribution in [0.2, 0.25) is 0 Å². The first-order valence-electron chi connectivity index (χ1n) is 10.3. The van der Waals surface area contributed by atoms with Gasteiger partial charge in [0.2, 0.25) is 0 Å². The summed E-state index contributed by atoms with van der Waals surface area (Å²) in [5, 5.41) is 2.52. The summed E-state index contributed by atoms with van der Waals surface area (Å²) in [4.78, 5) is 0. The fourth-order valence-electron chi connectivity index (χ4n) is 4.23. The zero-order chi connectivity index (χ0) is 21.2. The number of halogens is 2. The largest absolute Gasteiger partial charge is 0.0622 e. The second kappa shape index (κ2) is 8.82. The van der Waals surface area contributed by atoms with Gasteiger partial charge in [-0.15, -0.1) is 0 Å². The van der Waals surface area contributed by atoms with Gasteiger partial charge in [-0.2, -0.15) is 0 Å². The van der Waals surface area contributed by atoms with Gasteiger partial charge in [-0.05, 0) is 74.8 Å². The maximum Gasteiger partial charge on any atom is 0.0181 e. The molecule has 0 radical (unpaired) electrons. The van der Waals surface area contributed by atoms with E-state index in [2.05, 4.69) is 141 Å². The Hall–Kier alpha value is -2.68. The van der Waals surface area contributed by atoms with Crippen LogP contribution in [-0.2, 0) is 6.42 Å². The monoisotopic (exact) mass is 526 g/mol. The Labute approximate surface area is 199 Å². The fourth-order valence-corrected chi connectivity index (χ4v) is 4.85. The van der Waals surface area contributed by atoms with Crippen molar-refractivity contribution in [2.75, 3.05) is 0 Å². The topological polar surface area (TPSA) is 0 Å². The Morgan fingerprint density at radius 3 is 1.74 bits per heavy atom. The first kappa shape index (κ1) is 20.2. The molecule has 5 aromatic rings. The summed E-state index contributed by atoms with van der Waals surface area (Å²) in [6.45, 7) is 0. The summed E-state index contributed by atoms with van der Waals surface area (Å²) in [5.41, 5.74) is 7.72. The first-order chi connectivity index (χ1) is 15.2. The fraction of sp³-hybridized carbons (Fsp3) is 0.0345. The molecule has 0 spiro atoms. The van der Waals surface area contributed by atoms with Gasteiger partial charge in [-0.3, -0.25) is 0 Å². The Morgan fingerprint density at radius 1 is 0.516 bits per heavy atom. The molecule has 0 aliphatic heterocycles. The maximum absolute atomic E-state index is 3.69. The third-order valence-corrected chi connectivity index (χ3v) is 6.64. The molecule has 0 fully saturated rings. The average molecular weight is 528 g/mol. The second-order valence-corrected chi connectivity index (χ2v) is 9.52. The Balaban J connectivity index is 1.85. The van der Waals surface area contributed by atoms with E-state index < -0.39 is 0 Å². The molecular formula is C29H20Br2. The van der Waals surface area contributed by atoms with Gasteiger partial charge in [-0.25, -0.2) is 0 Å². The van der Waals surface area contributed by atoms with Gasteiger partial charge in [0.25, 0.3) is 0 Å². The molecular weight excluding hydrogens is 508 g/mol. The highest BCUT2D eigenvalue weighted by molar-refractivity contribution is 9.10. The van der Waals surface area contributed by atoms with Crippen LogP contribution in [0.4, 0.5) is 0 Å². The van der Waals surface area contributed by atoms with Crippen LogP contribution in [0.15, 0.2) is 118 Å². The van der Waals surface area contributed by atoms with Crippen LogP contribution in [-0.4, -0.2) is 0 Å². The smallest absolute Gasteiger partial charge is 0.0181 e. The predicted molar refractivity (Wildman–Crippen MR) is 139 cm³/mol. The van der Waals surface area contributed by atoms with Gasteiger partial charge in [-0.1, -0.05) is 117 Å². The molecule has 5 rings (SSSR count). The van der Waals surface area contributed by atoms with Crippen molar-refractivity contribution >= 4 is 42.6 Å². The molecule has 0 N–H and O–H groups in total. The van der Waals surface area contributed by atoms with Crippen LogP contribution in [0.5, 0.6) is 0 Å². The van der Waals surface area contributed by atoms with Gasteiger partial charge in [0.1, 0.15) is 0 Å². The quantitative estimate of drug-likeness (QED) is 0.218. The van der Waals surface area contributed by atoms with Crippen molar-refractivity contribution in [3.8, 4) is 22.3 Å². The van der Waals surface area contributed by atoms with Gasteiger partial charge in [0.05, 0.1) is 0 Å². The van der Waals surface area contributed by atoms with Gasteiger partial charge in [0.15, 0.2) is 0 Å². The van der Waals surface area contributed by atoms with Gasteiger partial charge >= 0.3 is 0 Å². The van der Waals surface area contributed by atoms with Crippen molar-refractivity contribution in [2.45, 2.75) is 6.42 Å².